The van der Waals surface area contributed by atoms with Crippen molar-refractivity contribution < 1.29 is 4.79 Å². The number of imidazole rings is 1. The third kappa shape index (κ3) is 3.67. The molecule has 1 N–H and O–H groups in total. The van der Waals surface area contributed by atoms with Gasteiger partial charge in [-0.2, -0.15) is 5.10 Å². The smallest absolute Gasteiger partial charge is 0.251 e. The molecular weight excluding hydrogens is 394 g/mol. The highest BCUT2D eigenvalue weighted by atomic mass is 32.1. The minimum Gasteiger partial charge on any atom is -0.352 e. The van der Waals surface area contributed by atoms with Crippen molar-refractivity contribution in [2.24, 2.45) is 0 Å². The fraction of sp³-hybridized carbons (Fsp3) is 0.130. The van der Waals surface area contributed by atoms with Crippen molar-refractivity contribution in [1.29, 1.82) is 0 Å². The van der Waals surface area contributed by atoms with Gasteiger partial charge in [-0.1, -0.05) is 35.6 Å². The van der Waals surface area contributed by atoms with Crippen molar-refractivity contribution in [2.45, 2.75) is 13.3 Å². The molecule has 0 fully saturated rings. The molecule has 7 heteroatoms. The van der Waals surface area contributed by atoms with E-state index in [1.807, 2.05) is 55.7 Å². The van der Waals surface area contributed by atoms with Gasteiger partial charge in [-0.3, -0.25) is 9.78 Å². The lowest BCUT2D eigenvalue weighted by Gasteiger charge is -2.07. The van der Waals surface area contributed by atoms with Gasteiger partial charge in [0, 0.05) is 36.5 Å². The Morgan fingerprint density at radius 2 is 1.97 bits per heavy atom. The molecule has 0 aliphatic rings. The first-order valence-electron chi connectivity index (χ1n) is 9.70. The number of carbonyl (C=O) groups excluding carboxylic acids is 1. The fourth-order valence-corrected chi connectivity index (χ4v) is 4.21. The van der Waals surface area contributed by atoms with Crippen LogP contribution in [0, 0.1) is 6.92 Å². The topological polar surface area (TPSA) is 72.2 Å². The molecule has 148 valence electrons. The number of aryl methyl sites for hydroxylation is 1. The van der Waals surface area contributed by atoms with Crippen LogP contribution in [0.4, 0.5) is 0 Å². The van der Waals surface area contributed by atoms with Crippen LogP contribution in [0.1, 0.15) is 21.1 Å². The normalized spacial score (nSPS) is 11.2. The van der Waals surface area contributed by atoms with Crippen LogP contribution in [-0.4, -0.2) is 32.0 Å². The number of rotatable bonds is 5. The molecule has 30 heavy (non-hydrogen) atoms. The van der Waals surface area contributed by atoms with Crippen LogP contribution in [0.5, 0.6) is 0 Å². The van der Waals surface area contributed by atoms with Gasteiger partial charge in [0.05, 0.1) is 11.9 Å². The van der Waals surface area contributed by atoms with E-state index in [1.54, 1.807) is 22.0 Å². The second-order valence-electron chi connectivity index (χ2n) is 7.10. The molecule has 6 nitrogen and oxygen atoms in total. The van der Waals surface area contributed by atoms with E-state index in [-0.39, 0.29) is 5.91 Å². The SMILES string of the molecule is Cc1nn2cc(CCNC(=O)c3ccc4cc(-c5cccnc5)ccc4c3)nc2s1. The quantitative estimate of drug-likeness (QED) is 0.467. The van der Waals surface area contributed by atoms with Crippen LogP contribution in [0.25, 0.3) is 26.9 Å². The Bertz CT molecular complexity index is 1320. The number of pyridine rings is 1. The lowest BCUT2D eigenvalue weighted by Crippen LogP contribution is -2.25. The molecule has 0 aliphatic carbocycles. The van der Waals surface area contributed by atoms with Gasteiger partial charge in [-0.05, 0) is 47.5 Å². The molecule has 2 aromatic carbocycles. The summed E-state index contributed by atoms with van der Waals surface area (Å²) >= 11 is 1.56. The molecular formula is C23H19N5OS. The van der Waals surface area contributed by atoms with E-state index in [9.17, 15) is 4.79 Å². The third-order valence-corrected chi connectivity index (χ3v) is 5.80. The van der Waals surface area contributed by atoms with Crippen molar-refractivity contribution in [1.82, 2.24) is 24.9 Å². The molecule has 3 aromatic heterocycles. The highest BCUT2D eigenvalue weighted by Crippen LogP contribution is 2.24. The molecule has 5 rings (SSSR count). The second kappa shape index (κ2) is 7.68. The zero-order chi connectivity index (χ0) is 20.5. The largest absolute Gasteiger partial charge is 0.352 e. The Kier molecular flexibility index (Phi) is 4.72. The van der Waals surface area contributed by atoms with Crippen LogP contribution >= 0.6 is 11.3 Å². The summed E-state index contributed by atoms with van der Waals surface area (Å²) in [5.41, 5.74) is 3.76. The second-order valence-corrected chi connectivity index (χ2v) is 8.26. The number of hydrogen-bond acceptors (Lipinski definition) is 5. The van der Waals surface area contributed by atoms with E-state index in [0.717, 1.165) is 37.6 Å². The first-order valence-corrected chi connectivity index (χ1v) is 10.5. The molecule has 0 radical (unpaired) electrons. The highest BCUT2D eigenvalue weighted by molar-refractivity contribution is 7.16. The summed E-state index contributed by atoms with van der Waals surface area (Å²) in [6.45, 7) is 2.49. The zero-order valence-electron chi connectivity index (χ0n) is 16.4. The van der Waals surface area contributed by atoms with E-state index in [4.69, 9.17) is 0 Å². The summed E-state index contributed by atoms with van der Waals surface area (Å²) in [7, 11) is 0. The minimum atomic E-state index is -0.0803. The molecule has 0 saturated carbocycles. The first kappa shape index (κ1) is 18.4. The average molecular weight is 414 g/mol. The Morgan fingerprint density at radius 3 is 2.80 bits per heavy atom. The summed E-state index contributed by atoms with van der Waals surface area (Å²) in [4.78, 5) is 22.2. The number of nitrogens with one attached hydrogen (secondary N) is 1. The number of amides is 1. The van der Waals surface area contributed by atoms with E-state index in [0.29, 0.717) is 18.5 Å². The van der Waals surface area contributed by atoms with Crippen molar-refractivity contribution in [2.75, 3.05) is 6.54 Å². The van der Waals surface area contributed by atoms with Crippen LogP contribution in [-0.2, 0) is 6.42 Å². The van der Waals surface area contributed by atoms with Gasteiger partial charge in [-0.25, -0.2) is 9.50 Å². The fourth-order valence-electron chi connectivity index (χ4n) is 3.47. The lowest BCUT2D eigenvalue weighted by molar-refractivity contribution is 0.0954. The van der Waals surface area contributed by atoms with Gasteiger partial charge in [0.1, 0.15) is 5.01 Å². The molecule has 0 saturated heterocycles. The number of aromatic nitrogens is 4. The molecule has 0 spiro atoms. The Labute approximate surface area is 177 Å². The van der Waals surface area contributed by atoms with Crippen molar-refractivity contribution in [3.8, 4) is 11.1 Å². The Balaban J connectivity index is 1.26. The predicted octanol–water partition coefficient (Wildman–Crippen LogP) is 4.29. The van der Waals surface area contributed by atoms with Gasteiger partial charge in [0.25, 0.3) is 5.91 Å². The molecule has 0 bridgehead atoms. The standard InChI is InChI=1S/C23H19N5OS/c1-15-27-28-14-21(26-23(28)30-15)8-10-25-22(29)19-7-6-16-11-18(5-4-17(16)12-19)20-3-2-9-24-13-20/h2-7,9,11-14H,8,10H2,1H3,(H,25,29). The number of hydrogen-bond donors (Lipinski definition) is 1. The Hall–Kier alpha value is -3.58. The van der Waals surface area contributed by atoms with Crippen molar-refractivity contribution >= 4 is 33.0 Å². The zero-order valence-corrected chi connectivity index (χ0v) is 17.2. The lowest BCUT2D eigenvalue weighted by atomic mass is 10.0. The molecule has 0 unspecified atom stereocenters. The predicted molar refractivity (Wildman–Crippen MR) is 119 cm³/mol. The minimum absolute atomic E-state index is 0.0803. The molecule has 3 heterocycles. The maximum Gasteiger partial charge on any atom is 0.251 e. The highest BCUT2D eigenvalue weighted by Gasteiger charge is 2.09. The first-order chi connectivity index (χ1) is 14.7. The van der Waals surface area contributed by atoms with E-state index in [1.165, 1.54) is 0 Å². The number of carbonyl (C=O) groups is 1. The summed E-state index contributed by atoms with van der Waals surface area (Å²) in [5, 5.41) is 10.5. The Morgan fingerprint density at radius 1 is 1.10 bits per heavy atom. The molecule has 5 aromatic rings. The average Bonchev–Trinajstić information content (AvgIpc) is 3.30. The molecule has 0 aliphatic heterocycles. The monoisotopic (exact) mass is 413 g/mol. The van der Waals surface area contributed by atoms with E-state index < -0.39 is 0 Å². The maximum absolute atomic E-state index is 12.6. The van der Waals surface area contributed by atoms with Crippen LogP contribution in [0.2, 0.25) is 0 Å². The van der Waals surface area contributed by atoms with Gasteiger partial charge < -0.3 is 5.32 Å². The van der Waals surface area contributed by atoms with Crippen molar-refractivity contribution in [3.05, 3.63) is 83.4 Å². The summed E-state index contributed by atoms with van der Waals surface area (Å²) in [5.74, 6) is -0.0803. The van der Waals surface area contributed by atoms with Gasteiger partial charge in [0.2, 0.25) is 4.96 Å². The number of nitrogens with zero attached hydrogens (tertiary/aromatic N) is 4. The molecule has 1 amide bonds. The third-order valence-electron chi connectivity index (χ3n) is 4.96. The number of fused-ring (bicyclic) bond motifs is 2. The summed E-state index contributed by atoms with van der Waals surface area (Å²) in [6.07, 6.45) is 6.20. The van der Waals surface area contributed by atoms with Crippen LogP contribution in [0.15, 0.2) is 67.1 Å². The van der Waals surface area contributed by atoms with E-state index >= 15 is 0 Å². The maximum atomic E-state index is 12.6. The van der Waals surface area contributed by atoms with Gasteiger partial charge in [0.15, 0.2) is 0 Å². The van der Waals surface area contributed by atoms with Crippen LogP contribution in [0.3, 0.4) is 0 Å². The molecule has 0 atom stereocenters. The van der Waals surface area contributed by atoms with Gasteiger partial charge >= 0.3 is 0 Å². The summed E-state index contributed by atoms with van der Waals surface area (Å²) < 4.78 is 1.79. The van der Waals surface area contributed by atoms with Gasteiger partial charge in [-0.15, -0.1) is 0 Å². The van der Waals surface area contributed by atoms with E-state index in [2.05, 4.69) is 32.5 Å². The van der Waals surface area contributed by atoms with Crippen molar-refractivity contribution in [3.63, 3.8) is 0 Å². The number of benzene rings is 2. The van der Waals surface area contributed by atoms with Crippen LogP contribution < -0.4 is 5.32 Å². The summed E-state index contributed by atoms with van der Waals surface area (Å²) in [6, 6.07) is 16.0.